The number of fused-ring (bicyclic) bond motifs is 5. The van der Waals surface area contributed by atoms with E-state index in [0.717, 1.165) is 44.9 Å². The topological polar surface area (TPSA) is 69.7 Å². The molecule has 0 aromatic rings. The van der Waals surface area contributed by atoms with Gasteiger partial charge in [-0.3, -0.25) is 9.59 Å². The van der Waals surface area contributed by atoms with Gasteiger partial charge in [0.25, 0.3) is 0 Å². The van der Waals surface area contributed by atoms with Crippen molar-refractivity contribution in [2.24, 2.45) is 40.9 Å². The van der Waals surface area contributed by atoms with E-state index in [0.29, 0.717) is 48.2 Å². The van der Waals surface area contributed by atoms with Crippen molar-refractivity contribution < 1.29 is 23.9 Å². The Kier molecular flexibility index (Phi) is 6.84. The van der Waals surface area contributed by atoms with Gasteiger partial charge in [-0.2, -0.15) is 0 Å². The van der Waals surface area contributed by atoms with Crippen LogP contribution in [-0.4, -0.2) is 30.4 Å². The number of ether oxygens (including phenoxy) is 2. The van der Waals surface area contributed by atoms with E-state index >= 15 is 0 Å². The molecule has 32 heavy (non-hydrogen) atoms. The van der Waals surface area contributed by atoms with Gasteiger partial charge in [0.1, 0.15) is 6.10 Å². The van der Waals surface area contributed by atoms with Crippen LogP contribution >= 0.6 is 0 Å². The molecule has 0 spiro atoms. The highest BCUT2D eigenvalue weighted by atomic mass is 16.6. The lowest BCUT2D eigenvalue weighted by Gasteiger charge is -2.53. The molecule has 4 rings (SSSR count). The van der Waals surface area contributed by atoms with Gasteiger partial charge in [-0.15, -0.1) is 0 Å². The molecule has 0 aliphatic heterocycles. The zero-order chi connectivity index (χ0) is 23.0. The third-order valence-corrected chi connectivity index (χ3v) is 9.08. The molecule has 0 heterocycles. The summed E-state index contributed by atoms with van der Waals surface area (Å²) in [6, 6.07) is 0. The molecular formula is C27H40O5. The van der Waals surface area contributed by atoms with Gasteiger partial charge < -0.3 is 9.47 Å². The van der Waals surface area contributed by atoms with Crippen LogP contribution in [0.25, 0.3) is 0 Å². The number of carbonyl (C=O) groups excluding carboxylic acids is 3. The molecule has 4 aliphatic carbocycles. The standard InChI is InChI=1S/C27H40O5/c1-5-17-14-23-22-8-6-18-13-19(28)7-9-20(18)21(22)10-11-27(23,4)26(17)32-25(30)15-31-24(29)12-16(2)3/h13,16-17,20-23,26H,5-12,14-15H2,1-4H3/t17-,20-,21+,22+,23-,26-,27-/m0/s1. The number of carbonyl (C=O) groups is 3. The van der Waals surface area contributed by atoms with Crippen molar-refractivity contribution in [3.05, 3.63) is 11.6 Å². The van der Waals surface area contributed by atoms with Gasteiger partial charge in [0, 0.05) is 18.3 Å². The summed E-state index contributed by atoms with van der Waals surface area (Å²) in [7, 11) is 0. The fraction of sp³-hybridized carbons (Fsp3) is 0.815. The molecule has 0 unspecified atom stereocenters. The minimum absolute atomic E-state index is 0.00878. The van der Waals surface area contributed by atoms with E-state index in [2.05, 4.69) is 13.8 Å². The lowest BCUT2D eigenvalue weighted by atomic mass is 9.52. The number of rotatable bonds is 6. The first-order chi connectivity index (χ1) is 15.2. The largest absolute Gasteiger partial charge is 0.459 e. The molecular weight excluding hydrogens is 404 g/mol. The Morgan fingerprint density at radius 2 is 1.91 bits per heavy atom. The highest BCUT2D eigenvalue weighted by Gasteiger charge is 2.60. The fourth-order valence-corrected chi connectivity index (χ4v) is 7.63. The van der Waals surface area contributed by atoms with E-state index in [1.54, 1.807) is 0 Å². The van der Waals surface area contributed by atoms with E-state index < -0.39 is 5.97 Å². The van der Waals surface area contributed by atoms with Crippen LogP contribution in [0.3, 0.4) is 0 Å². The Balaban J connectivity index is 1.44. The molecule has 3 saturated carbocycles. The van der Waals surface area contributed by atoms with Crippen molar-refractivity contribution in [3.63, 3.8) is 0 Å². The summed E-state index contributed by atoms with van der Waals surface area (Å²) in [6.45, 7) is 8.16. The summed E-state index contributed by atoms with van der Waals surface area (Å²) in [4.78, 5) is 36.4. The number of hydrogen-bond donors (Lipinski definition) is 0. The van der Waals surface area contributed by atoms with Gasteiger partial charge in [0.2, 0.25) is 0 Å². The van der Waals surface area contributed by atoms with E-state index in [4.69, 9.17) is 9.47 Å². The summed E-state index contributed by atoms with van der Waals surface area (Å²) < 4.78 is 11.2. The molecule has 7 atom stereocenters. The highest BCUT2D eigenvalue weighted by Crippen LogP contribution is 2.64. The third kappa shape index (κ3) is 4.41. The molecule has 178 valence electrons. The van der Waals surface area contributed by atoms with Crippen LogP contribution < -0.4 is 0 Å². The van der Waals surface area contributed by atoms with E-state index in [-0.39, 0.29) is 30.0 Å². The van der Waals surface area contributed by atoms with Crippen LogP contribution in [0, 0.1) is 40.9 Å². The van der Waals surface area contributed by atoms with Crippen molar-refractivity contribution in [1.82, 2.24) is 0 Å². The summed E-state index contributed by atoms with van der Waals surface area (Å²) in [5.74, 6) is 2.61. The third-order valence-electron chi connectivity index (χ3n) is 9.08. The van der Waals surface area contributed by atoms with Crippen LogP contribution in [0.5, 0.6) is 0 Å². The molecule has 3 fully saturated rings. The normalized spacial score (nSPS) is 38.4. The van der Waals surface area contributed by atoms with Gasteiger partial charge >= 0.3 is 11.9 Å². The van der Waals surface area contributed by atoms with Gasteiger partial charge in [0.15, 0.2) is 12.4 Å². The molecule has 0 aromatic heterocycles. The second-order valence-corrected chi connectivity index (χ2v) is 11.4. The predicted octanol–water partition coefficient (Wildman–Crippen LogP) is 5.27. The van der Waals surface area contributed by atoms with Crippen molar-refractivity contribution in [1.29, 1.82) is 0 Å². The first kappa shape index (κ1) is 23.5. The van der Waals surface area contributed by atoms with Gasteiger partial charge in [-0.25, -0.2) is 4.79 Å². The van der Waals surface area contributed by atoms with Crippen LogP contribution in [0.15, 0.2) is 11.6 Å². The van der Waals surface area contributed by atoms with Crippen LogP contribution in [0.2, 0.25) is 0 Å². The van der Waals surface area contributed by atoms with Crippen LogP contribution in [0.4, 0.5) is 0 Å². The lowest BCUT2D eigenvalue weighted by Crippen LogP contribution is -2.49. The molecule has 5 nitrogen and oxygen atoms in total. The maximum absolute atomic E-state index is 12.6. The molecule has 0 bridgehead atoms. The molecule has 0 aromatic carbocycles. The van der Waals surface area contributed by atoms with Crippen molar-refractivity contribution in [3.8, 4) is 0 Å². The van der Waals surface area contributed by atoms with E-state index in [1.807, 2.05) is 19.9 Å². The summed E-state index contributed by atoms with van der Waals surface area (Å²) in [5.41, 5.74) is 1.40. The van der Waals surface area contributed by atoms with Crippen molar-refractivity contribution in [2.75, 3.05) is 6.61 Å². The molecule has 0 amide bonds. The minimum atomic E-state index is -0.408. The summed E-state index contributed by atoms with van der Waals surface area (Å²) in [5, 5.41) is 0. The zero-order valence-corrected chi connectivity index (χ0v) is 20.2. The van der Waals surface area contributed by atoms with Crippen molar-refractivity contribution >= 4 is 17.7 Å². The molecule has 0 radical (unpaired) electrons. The second kappa shape index (κ2) is 9.30. The highest BCUT2D eigenvalue weighted by molar-refractivity contribution is 5.91. The number of ketones is 1. The van der Waals surface area contributed by atoms with Gasteiger partial charge in [0.05, 0.1) is 0 Å². The summed E-state index contributed by atoms with van der Waals surface area (Å²) >= 11 is 0. The SMILES string of the molecule is CC[C@H]1C[C@H]2[C@@H]3CCC4=CC(=O)CC[C@@H]4[C@H]3CC[C@]2(C)[C@H]1OC(=O)COC(=O)CC(C)C. The Morgan fingerprint density at radius 1 is 1.12 bits per heavy atom. The maximum atomic E-state index is 12.6. The van der Waals surface area contributed by atoms with Crippen molar-refractivity contribution in [2.45, 2.75) is 91.6 Å². The molecule has 5 heteroatoms. The van der Waals surface area contributed by atoms with Gasteiger partial charge in [-0.1, -0.05) is 33.3 Å². The first-order valence-corrected chi connectivity index (χ1v) is 12.8. The number of esters is 2. The monoisotopic (exact) mass is 444 g/mol. The Labute approximate surface area is 192 Å². The predicted molar refractivity (Wildman–Crippen MR) is 122 cm³/mol. The smallest absolute Gasteiger partial charge is 0.344 e. The van der Waals surface area contributed by atoms with E-state index in [9.17, 15) is 14.4 Å². The quantitative estimate of drug-likeness (QED) is 0.522. The molecule has 4 aliphatic rings. The number of allylic oxidation sites excluding steroid dienone is 1. The molecule has 0 N–H and O–H groups in total. The van der Waals surface area contributed by atoms with Gasteiger partial charge in [-0.05, 0) is 86.5 Å². The minimum Gasteiger partial charge on any atom is -0.459 e. The summed E-state index contributed by atoms with van der Waals surface area (Å²) in [6.07, 6.45) is 10.4. The maximum Gasteiger partial charge on any atom is 0.344 e. The Morgan fingerprint density at radius 3 is 2.62 bits per heavy atom. The Bertz CT molecular complexity index is 783. The lowest BCUT2D eigenvalue weighted by molar-refractivity contribution is -0.171. The van der Waals surface area contributed by atoms with Crippen LogP contribution in [-0.2, 0) is 23.9 Å². The zero-order valence-electron chi connectivity index (χ0n) is 20.2. The van der Waals surface area contributed by atoms with E-state index in [1.165, 1.54) is 5.57 Å². The average Bonchev–Trinajstić information content (AvgIpc) is 3.03. The first-order valence-electron chi connectivity index (χ1n) is 12.8. The van der Waals surface area contributed by atoms with Crippen LogP contribution in [0.1, 0.15) is 85.5 Å². The average molecular weight is 445 g/mol. The second-order valence-electron chi connectivity index (χ2n) is 11.4. The Hall–Kier alpha value is -1.65. The molecule has 0 saturated heterocycles. The fourth-order valence-electron chi connectivity index (χ4n) is 7.63. The number of hydrogen-bond acceptors (Lipinski definition) is 5.